The zero-order chi connectivity index (χ0) is 18.8. The van der Waals surface area contributed by atoms with E-state index < -0.39 is 0 Å². The van der Waals surface area contributed by atoms with Gasteiger partial charge in [-0.2, -0.15) is 0 Å². The van der Waals surface area contributed by atoms with Crippen molar-refractivity contribution >= 4 is 5.65 Å². The van der Waals surface area contributed by atoms with E-state index in [-0.39, 0.29) is 11.4 Å². The number of hydrogen-bond acceptors (Lipinski definition) is 4. The fourth-order valence-electron chi connectivity index (χ4n) is 3.59. The van der Waals surface area contributed by atoms with Gasteiger partial charge in [0.1, 0.15) is 11.5 Å². The van der Waals surface area contributed by atoms with E-state index in [2.05, 4.69) is 14.8 Å². The SMILES string of the molecule is Cc1cccn2c(=O)cc(CN3CCN(Cc4ccccc4F)CC3)nc12. The van der Waals surface area contributed by atoms with Crippen LogP contribution in [0.2, 0.25) is 0 Å². The summed E-state index contributed by atoms with van der Waals surface area (Å²) in [5.41, 5.74) is 3.21. The Bertz CT molecular complexity index is 1010. The fourth-order valence-corrected chi connectivity index (χ4v) is 3.59. The van der Waals surface area contributed by atoms with E-state index >= 15 is 0 Å². The van der Waals surface area contributed by atoms with Crippen molar-refractivity contribution < 1.29 is 4.39 Å². The van der Waals surface area contributed by atoms with Crippen molar-refractivity contribution in [3.8, 4) is 0 Å². The molecule has 27 heavy (non-hydrogen) atoms. The first kappa shape index (κ1) is 17.8. The van der Waals surface area contributed by atoms with E-state index in [1.165, 1.54) is 6.07 Å². The molecule has 0 saturated carbocycles. The number of benzene rings is 1. The summed E-state index contributed by atoms with van der Waals surface area (Å²) in [6, 6.07) is 12.4. The Hall–Kier alpha value is -2.57. The first-order valence-corrected chi connectivity index (χ1v) is 9.26. The zero-order valence-electron chi connectivity index (χ0n) is 15.4. The maximum Gasteiger partial charge on any atom is 0.258 e. The number of aryl methyl sites for hydroxylation is 1. The summed E-state index contributed by atoms with van der Waals surface area (Å²) in [5, 5.41) is 0. The molecule has 1 aromatic carbocycles. The standard InChI is InChI=1S/C21H23FN4O/c1-16-5-4-8-26-20(27)13-18(23-21(16)26)15-25-11-9-24(10-12-25)14-17-6-2-3-7-19(17)22/h2-8,13H,9-12,14-15H2,1H3. The second kappa shape index (κ2) is 7.58. The average Bonchev–Trinajstić information content (AvgIpc) is 2.66. The monoisotopic (exact) mass is 366 g/mol. The number of nitrogens with zero attached hydrogens (tertiary/aromatic N) is 4. The van der Waals surface area contributed by atoms with Crippen molar-refractivity contribution in [2.45, 2.75) is 20.0 Å². The molecule has 1 aliphatic heterocycles. The van der Waals surface area contributed by atoms with Crippen LogP contribution < -0.4 is 5.56 Å². The molecule has 0 spiro atoms. The molecule has 1 aliphatic rings. The summed E-state index contributed by atoms with van der Waals surface area (Å²) in [4.78, 5) is 21.6. The lowest BCUT2D eigenvalue weighted by Crippen LogP contribution is -2.45. The molecule has 140 valence electrons. The number of pyridine rings is 1. The van der Waals surface area contributed by atoms with E-state index in [0.29, 0.717) is 13.1 Å². The molecular weight excluding hydrogens is 343 g/mol. The van der Waals surface area contributed by atoms with Gasteiger partial charge < -0.3 is 0 Å². The molecule has 1 fully saturated rings. The smallest absolute Gasteiger partial charge is 0.258 e. The fraction of sp³-hybridized carbons (Fsp3) is 0.333. The van der Waals surface area contributed by atoms with Crippen LogP contribution in [0.5, 0.6) is 0 Å². The normalized spacial score (nSPS) is 16.1. The molecule has 3 heterocycles. The van der Waals surface area contributed by atoms with Crippen molar-refractivity contribution in [3.05, 3.63) is 81.7 Å². The van der Waals surface area contributed by atoms with E-state index in [4.69, 9.17) is 0 Å². The molecule has 0 radical (unpaired) electrons. The third-order valence-corrected chi connectivity index (χ3v) is 5.14. The van der Waals surface area contributed by atoms with Crippen molar-refractivity contribution in [2.75, 3.05) is 26.2 Å². The van der Waals surface area contributed by atoms with Gasteiger partial charge in [0.05, 0.1) is 5.69 Å². The highest BCUT2D eigenvalue weighted by Crippen LogP contribution is 2.13. The van der Waals surface area contributed by atoms with Gasteiger partial charge in [-0.1, -0.05) is 24.3 Å². The molecule has 0 amide bonds. The second-order valence-corrected chi connectivity index (χ2v) is 7.11. The van der Waals surface area contributed by atoms with E-state index in [0.717, 1.165) is 48.6 Å². The quantitative estimate of drug-likeness (QED) is 0.711. The topological polar surface area (TPSA) is 40.9 Å². The first-order valence-electron chi connectivity index (χ1n) is 9.26. The molecule has 3 aromatic rings. The molecule has 0 atom stereocenters. The van der Waals surface area contributed by atoms with Gasteiger partial charge in [-0.15, -0.1) is 0 Å². The summed E-state index contributed by atoms with van der Waals surface area (Å²) < 4.78 is 15.4. The van der Waals surface area contributed by atoms with Gasteiger partial charge in [0.2, 0.25) is 0 Å². The molecule has 0 aliphatic carbocycles. The first-order chi connectivity index (χ1) is 13.1. The molecule has 4 rings (SSSR count). The van der Waals surface area contributed by atoms with Crippen molar-refractivity contribution in [1.29, 1.82) is 0 Å². The lowest BCUT2D eigenvalue weighted by Gasteiger charge is -2.34. The summed E-state index contributed by atoms with van der Waals surface area (Å²) in [7, 11) is 0. The summed E-state index contributed by atoms with van der Waals surface area (Å²) >= 11 is 0. The number of aromatic nitrogens is 2. The molecule has 6 heteroatoms. The molecule has 0 bridgehead atoms. The Kier molecular flexibility index (Phi) is 5.01. The number of hydrogen-bond donors (Lipinski definition) is 0. The van der Waals surface area contributed by atoms with Crippen LogP contribution in [0.1, 0.15) is 16.8 Å². The average molecular weight is 366 g/mol. The van der Waals surface area contributed by atoms with Gasteiger partial charge in [-0.25, -0.2) is 9.37 Å². The van der Waals surface area contributed by atoms with E-state index in [1.54, 1.807) is 22.7 Å². The summed E-state index contributed by atoms with van der Waals surface area (Å²) in [6.07, 6.45) is 1.75. The highest BCUT2D eigenvalue weighted by molar-refractivity contribution is 5.46. The minimum Gasteiger partial charge on any atom is -0.296 e. The van der Waals surface area contributed by atoms with E-state index in [9.17, 15) is 9.18 Å². The third-order valence-electron chi connectivity index (χ3n) is 5.14. The van der Waals surface area contributed by atoms with Crippen LogP contribution in [0.3, 0.4) is 0 Å². The molecular formula is C21H23FN4O. The zero-order valence-corrected chi connectivity index (χ0v) is 15.4. The minimum absolute atomic E-state index is 0.0445. The Balaban J connectivity index is 1.41. The van der Waals surface area contributed by atoms with Gasteiger partial charge in [-0.3, -0.25) is 19.0 Å². The molecule has 0 N–H and O–H groups in total. The highest BCUT2D eigenvalue weighted by Gasteiger charge is 2.19. The number of rotatable bonds is 4. The van der Waals surface area contributed by atoms with Crippen molar-refractivity contribution in [3.63, 3.8) is 0 Å². The number of halogens is 1. The van der Waals surface area contributed by atoms with Crippen molar-refractivity contribution in [2.24, 2.45) is 0 Å². The third kappa shape index (κ3) is 3.91. The molecule has 5 nitrogen and oxygen atoms in total. The highest BCUT2D eigenvalue weighted by atomic mass is 19.1. The number of piperazine rings is 1. The van der Waals surface area contributed by atoms with Crippen molar-refractivity contribution in [1.82, 2.24) is 19.2 Å². The van der Waals surface area contributed by atoms with Gasteiger partial charge in [0.25, 0.3) is 5.56 Å². The summed E-state index contributed by atoms with van der Waals surface area (Å²) in [6.45, 7) is 6.77. The largest absolute Gasteiger partial charge is 0.296 e. The molecule has 0 unspecified atom stereocenters. The Morgan fingerprint density at radius 3 is 2.44 bits per heavy atom. The van der Waals surface area contributed by atoms with Crippen LogP contribution in [0.25, 0.3) is 5.65 Å². The van der Waals surface area contributed by atoms with Gasteiger partial charge >= 0.3 is 0 Å². The molecule has 2 aromatic heterocycles. The summed E-state index contributed by atoms with van der Waals surface area (Å²) in [5.74, 6) is -0.142. The van der Waals surface area contributed by atoms with Gasteiger partial charge in [-0.05, 0) is 24.6 Å². The van der Waals surface area contributed by atoms with Crippen LogP contribution in [0, 0.1) is 12.7 Å². The van der Waals surface area contributed by atoms with E-state index in [1.807, 2.05) is 31.2 Å². The number of fused-ring (bicyclic) bond motifs is 1. The second-order valence-electron chi connectivity index (χ2n) is 7.11. The van der Waals surface area contributed by atoms with Crippen LogP contribution in [0.15, 0.2) is 53.5 Å². The van der Waals surface area contributed by atoms with Crippen LogP contribution in [-0.2, 0) is 13.1 Å². The minimum atomic E-state index is -0.142. The Morgan fingerprint density at radius 2 is 1.70 bits per heavy atom. The molecule has 1 saturated heterocycles. The predicted molar refractivity (Wildman–Crippen MR) is 103 cm³/mol. The Labute approximate surface area is 157 Å². The van der Waals surface area contributed by atoms with Gasteiger partial charge in [0, 0.05) is 57.1 Å². The van der Waals surface area contributed by atoms with Crippen LogP contribution in [-0.4, -0.2) is 45.4 Å². The maximum absolute atomic E-state index is 13.8. The lowest BCUT2D eigenvalue weighted by atomic mass is 10.2. The van der Waals surface area contributed by atoms with Crippen LogP contribution >= 0.6 is 0 Å². The predicted octanol–water partition coefficient (Wildman–Crippen LogP) is 2.46. The van der Waals surface area contributed by atoms with Gasteiger partial charge in [0.15, 0.2) is 0 Å². The van der Waals surface area contributed by atoms with Crippen LogP contribution in [0.4, 0.5) is 4.39 Å². The lowest BCUT2D eigenvalue weighted by molar-refractivity contribution is 0.120. The Morgan fingerprint density at radius 1 is 1.00 bits per heavy atom. The maximum atomic E-state index is 13.8.